The standard InChI is InChI=1S/C14H21N3OS2/c1-10-9-20-11(17-10)8-16-13(18)14(12(15)19)6-4-2-3-5-7-14/h9H,2-8H2,1H3,(H2,15,19)(H,16,18). The highest BCUT2D eigenvalue weighted by Gasteiger charge is 2.41. The number of carbonyl (C=O) groups excluding carboxylic acids is 1. The van der Waals surface area contributed by atoms with E-state index in [1.54, 1.807) is 11.3 Å². The number of nitrogens with zero attached hydrogens (tertiary/aromatic N) is 1. The van der Waals surface area contributed by atoms with Crippen molar-refractivity contribution >= 4 is 34.5 Å². The van der Waals surface area contributed by atoms with Crippen molar-refractivity contribution in [3.63, 3.8) is 0 Å². The number of aromatic nitrogens is 1. The van der Waals surface area contributed by atoms with Crippen LogP contribution in [0, 0.1) is 12.3 Å². The van der Waals surface area contributed by atoms with Gasteiger partial charge in [-0.2, -0.15) is 0 Å². The maximum Gasteiger partial charge on any atom is 0.233 e. The van der Waals surface area contributed by atoms with Crippen LogP contribution in [0.5, 0.6) is 0 Å². The second-order valence-electron chi connectivity index (χ2n) is 5.43. The van der Waals surface area contributed by atoms with Crippen LogP contribution in [0.1, 0.15) is 49.2 Å². The number of rotatable bonds is 4. The summed E-state index contributed by atoms with van der Waals surface area (Å²) in [6, 6.07) is 0. The molecule has 0 radical (unpaired) electrons. The SMILES string of the molecule is Cc1csc(CNC(=O)C2(C(N)=S)CCCCCC2)n1. The Hall–Kier alpha value is -1.01. The van der Waals surface area contributed by atoms with Crippen LogP contribution < -0.4 is 11.1 Å². The van der Waals surface area contributed by atoms with Crippen molar-refractivity contribution < 1.29 is 4.79 Å². The van der Waals surface area contributed by atoms with Gasteiger partial charge in [0.05, 0.1) is 16.9 Å². The fourth-order valence-electron chi connectivity index (χ4n) is 2.73. The van der Waals surface area contributed by atoms with Gasteiger partial charge in [0.15, 0.2) is 0 Å². The first kappa shape index (κ1) is 15.4. The minimum Gasteiger partial charge on any atom is -0.392 e. The first-order valence-electron chi connectivity index (χ1n) is 7.04. The predicted molar refractivity (Wildman–Crippen MR) is 85.6 cm³/mol. The van der Waals surface area contributed by atoms with E-state index >= 15 is 0 Å². The van der Waals surface area contributed by atoms with Crippen LogP contribution in [0.4, 0.5) is 0 Å². The van der Waals surface area contributed by atoms with Crippen LogP contribution in [0.3, 0.4) is 0 Å². The molecule has 1 fully saturated rings. The maximum absolute atomic E-state index is 12.6. The van der Waals surface area contributed by atoms with E-state index in [1.165, 1.54) is 0 Å². The molecule has 3 N–H and O–H groups in total. The van der Waals surface area contributed by atoms with Crippen LogP contribution >= 0.6 is 23.6 Å². The average Bonchev–Trinajstić information content (AvgIpc) is 2.68. The monoisotopic (exact) mass is 311 g/mol. The third kappa shape index (κ3) is 3.35. The minimum absolute atomic E-state index is 0.0280. The Kier molecular flexibility index (Phi) is 5.10. The number of nitrogens with two attached hydrogens (primary N) is 1. The van der Waals surface area contributed by atoms with Crippen LogP contribution in [-0.2, 0) is 11.3 Å². The molecule has 1 aliphatic carbocycles. The molecular formula is C14H21N3OS2. The molecule has 1 aromatic rings. The molecule has 1 saturated carbocycles. The number of amides is 1. The third-order valence-electron chi connectivity index (χ3n) is 3.93. The summed E-state index contributed by atoms with van der Waals surface area (Å²) in [7, 11) is 0. The van der Waals surface area contributed by atoms with Gasteiger partial charge in [-0.1, -0.05) is 37.9 Å². The second kappa shape index (κ2) is 6.63. The Balaban J connectivity index is 2.05. The molecule has 4 nitrogen and oxygen atoms in total. The van der Waals surface area contributed by atoms with Gasteiger partial charge in [-0.3, -0.25) is 4.79 Å². The van der Waals surface area contributed by atoms with Crippen molar-refractivity contribution in [1.29, 1.82) is 0 Å². The van der Waals surface area contributed by atoms with Gasteiger partial charge in [0.25, 0.3) is 0 Å². The van der Waals surface area contributed by atoms with Crippen molar-refractivity contribution in [2.75, 3.05) is 0 Å². The zero-order chi connectivity index (χ0) is 14.6. The van der Waals surface area contributed by atoms with E-state index in [1.807, 2.05) is 12.3 Å². The van der Waals surface area contributed by atoms with Crippen molar-refractivity contribution in [1.82, 2.24) is 10.3 Å². The summed E-state index contributed by atoms with van der Waals surface area (Å²) < 4.78 is 0. The lowest BCUT2D eigenvalue weighted by molar-refractivity contribution is -0.128. The Morgan fingerprint density at radius 3 is 2.60 bits per heavy atom. The van der Waals surface area contributed by atoms with Crippen molar-refractivity contribution in [2.24, 2.45) is 11.1 Å². The van der Waals surface area contributed by atoms with Gasteiger partial charge >= 0.3 is 0 Å². The topological polar surface area (TPSA) is 68.0 Å². The summed E-state index contributed by atoms with van der Waals surface area (Å²) in [5.41, 5.74) is 6.23. The van der Waals surface area contributed by atoms with E-state index < -0.39 is 5.41 Å². The van der Waals surface area contributed by atoms with E-state index in [-0.39, 0.29) is 5.91 Å². The Morgan fingerprint density at radius 1 is 1.45 bits per heavy atom. The summed E-state index contributed by atoms with van der Waals surface area (Å²) in [4.78, 5) is 17.3. The molecule has 1 heterocycles. The number of hydrogen-bond donors (Lipinski definition) is 2. The lowest BCUT2D eigenvalue weighted by atomic mass is 9.79. The summed E-state index contributed by atoms with van der Waals surface area (Å²) in [5, 5.41) is 5.88. The van der Waals surface area contributed by atoms with Crippen LogP contribution in [0.25, 0.3) is 0 Å². The predicted octanol–water partition coefficient (Wildman–Crippen LogP) is 2.69. The molecule has 0 saturated heterocycles. The zero-order valence-corrected chi connectivity index (χ0v) is 13.4. The van der Waals surface area contributed by atoms with Gasteiger partial charge in [0.1, 0.15) is 5.01 Å². The highest BCUT2D eigenvalue weighted by Crippen LogP contribution is 2.35. The van der Waals surface area contributed by atoms with Gasteiger partial charge in [-0.25, -0.2) is 4.98 Å². The molecule has 1 aromatic heterocycles. The molecule has 0 aromatic carbocycles. The number of carbonyl (C=O) groups is 1. The molecule has 0 spiro atoms. The number of aryl methyl sites for hydroxylation is 1. The first-order valence-corrected chi connectivity index (χ1v) is 8.32. The third-order valence-corrected chi connectivity index (χ3v) is 5.29. The van der Waals surface area contributed by atoms with E-state index in [2.05, 4.69) is 10.3 Å². The Morgan fingerprint density at radius 2 is 2.10 bits per heavy atom. The average molecular weight is 311 g/mol. The summed E-state index contributed by atoms with van der Waals surface area (Å²) in [5.74, 6) is -0.0280. The van der Waals surface area contributed by atoms with Gasteiger partial charge in [0.2, 0.25) is 5.91 Å². The molecule has 0 atom stereocenters. The molecule has 110 valence electrons. The molecule has 2 rings (SSSR count). The first-order chi connectivity index (χ1) is 9.54. The highest BCUT2D eigenvalue weighted by atomic mass is 32.1. The summed E-state index contributed by atoms with van der Waals surface area (Å²) >= 11 is 6.76. The van der Waals surface area contributed by atoms with Gasteiger partial charge in [-0.15, -0.1) is 11.3 Å². The van der Waals surface area contributed by atoms with Crippen LogP contribution in [-0.4, -0.2) is 15.9 Å². The van der Waals surface area contributed by atoms with Crippen molar-refractivity contribution in [3.05, 3.63) is 16.1 Å². The van der Waals surface area contributed by atoms with E-state index in [0.29, 0.717) is 11.5 Å². The fourth-order valence-corrected chi connectivity index (χ4v) is 3.73. The summed E-state index contributed by atoms with van der Waals surface area (Å²) in [6.45, 7) is 2.41. The molecule has 20 heavy (non-hydrogen) atoms. The van der Waals surface area contributed by atoms with Crippen molar-refractivity contribution in [2.45, 2.75) is 52.0 Å². The molecule has 1 amide bonds. The number of hydrogen-bond acceptors (Lipinski definition) is 4. The zero-order valence-electron chi connectivity index (χ0n) is 11.8. The fraction of sp³-hybridized carbons (Fsp3) is 0.643. The molecular weight excluding hydrogens is 290 g/mol. The molecule has 0 unspecified atom stereocenters. The lowest BCUT2D eigenvalue weighted by Gasteiger charge is -2.30. The summed E-state index contributed by atoms with van der Waals surface area (Å²) in [6.07, 6.45) is 5.88. The quantitative estimate of drug-likeness (QED) is 0.662. The minimum atomic E-state index is -0.655. The Labute approximate surface area is 129 Å². The number of thiocarbonyl (C=S) groups is 1. The molecule has 6 heteroatoms. The number of thiazole rings is 1. The highest BCUT2D eigenvalue weighted by molar-refractivity contribution is 7.80. The molecule has 1 aliphatic rings. The number of nitrogens with one attached hydrogen (secondary N) is 1. The van der Waals surface area contributed by atoms with E-state index in [0.717, 1.165) is 49.2 Å². The second-order valence-corrected chi connectivity index (χ2v) is 6.81. The normalized spacial score (nSPS) is 18.2. The van der Waals surface area contributed by atoms with E-state index in [9.17, 15) is 4.79 Å². The maximum atomic E-state index is 12.6. The van der Waals surface area contributed by atoms with Crippen LogP contribution in [0.2, 0.25) is 0 Å². The van der Waals surface area contributed by atoms with Gasteiger partial charge in [0, 0.05) is 11.1 Å². The van der Waals surface area contributed by atoms with E-state index in [4.69, 9.17) is 18.0 Å². The van der Waals surface area contributed by atoms with Crippen molar-refractivity contribution in [3.8, 4) is 0 Å². The largest absolute Gasteiger partial charge is 0.392 e. The smallest absolute Gasteiger partial charge is 0.233 e. The van der Waals surface area contributed by atoms with Gasteiger partial charge in [-0.05, 0) is 19.8 Å². The lowest BCUT2D eigenvalue weighted by Crippen LogP contribution is -2.48. The molecule has 0 aliphatic heterocycles. The van der Waals surface area contributed by atoms with Crippen LogP contribution in [0.15, 0.2) is 5.38 Å². The molecule has 0 bridgehead atoms. The van der Waals surface area contributed by atoms with Gasteiger partial charge < -0.3 is 11.1 Å². The Bertz CT molecular complexity index is 490.